The SMILES string of the molecule is O=C[C@@H]1O[C@H](COC(=O)c2ccccc2)[C@H](F)[C@H]1OC(=O)c1ccccc1. The minimum absolute atomic E-state index is 0.230. The van der Waals surface area contributed by atoms with E-state index in [4.69, 9.17) is 14.2 Å². The first-order valence-corrected chi connectivity index (χ1v) is 8.33. The molecule has 0 radical (unpaired) electrons. The first-order chi connectivity index (χ1) is 13.1. The van der Waals surface area contributed by atoms with Crippen molar-refractivity contribution in [1.29, 1.82) is 0 Å². The lowest BCUT2D eigenvalue weighted by Gasteiger charge is -2.17. The lowest BCUT2D eigenvalue weighted by atomic mass is 10.1. The van der Waals surface area contributed by atoms with Crippen LogP contribution in [-0.4, -0.2) is 49.3 Å². The van der Waals surface area contributed by atoms with Crippen LogP contribution in [0.4, 0.5) is 4.39 Å². The van der Waals surface area contributed by atoms with Gasteiger partial charge in [0, 0.05) is 0 Å². The first kappa shape index (κ1) is 18.7. The molecule has 0 amide bonds. The molecule has 1 heterocycles. The lowest BCUT2D eigenvalue weighted by Crippen LogP contribution is -2.36. The van der Waals surface area contributed by atoms with Gasteiger partial charge >= 0.3 is 11.9 Å². The van der Waals surface area contributed by atoms with Gasteiger partial charge in [-0.3, -0.25) is 0 Å². The summed E-state index contributed by atoms with van der Waals surface area (Å²) in [6.07, 6.45) is -5.32. The highest BCUT2D eigenvalue weighted by Crippen LogP contribution is 2.27. The summed E-state index contributed by atoms with van der Waals surface area (Å²) in [6, 6.07) is 16.2. The maximum atomic E-state index is 14.7. The Morgan fingerprint density at radius 2 is 1.52 bits per heavy atom. The Hall–Kier alpha value is -3.06. The van der Waals surface area contributed by atoms with Crippen LogP contribution in [0, 0.1) is 0 Å². The van der Waals surface area contributed by atoms with Crippen molar-refractivity contribution in [2.24, 2.45) is 0 Å². The topological polar surface area (TPSA) is 78.9 Å². The highest BCUT2D eigenvalue weighted by atomic mass is 19.1. The van der Waals surface area contributed by atoms with E-state index >= 15 is 0 Å². The number of rotatable bonds is 6. The van der Waals surface area contributed by atoms with Gasteiger partial charge < -0.3 is 19.0 Å². The molecule has 0 N–H and O–H groups in total. The van der Waals surface area contributed by atoms with Crippen LogP contribution in [0.2, 0.25) is 0 Å². The number of benzene rings is 2. The van der Waals surface area contributed by atoms with Crippen molar-refractivity contribution >= 4 is 18.2 Å². The third kappa shape index (κ3) is 4.38. The van der Waals surface area contributed by atoms with Crippen LogP contribution in [0.15, 0.2) is 60.7 Å². The predicted molar refractivity (Wildman–Crippen MR) is 92.0 cm³/mol. The van der Waals surface area contributed by atoms with Gasteiger partial charge in [-0.25, -0.2) is 14.0 Å². The van der Waals surface area contributed by atoms with E-state index in [1.165, 1.54) is 12.1 Å². The monoisotopic (exact) mass is 372 g/mol. The van der Waals surface area contributed by atoms with Gasteiger partial charge in [-0.2, -0.15) is 0 Å². The van der Waals surface area contributed by atoms with Crippen LogP contribution < -0.4 is 0 Å². The Kier molecular flexibility index (Phi) is 5.93. The van der Waals surface area contributed by atoms with Crippen LogP contribution >= 0.6 is 0 Å². The zero-order valence-electron chi connectivity index (χ0n) is 14.2. The molecule has 0 saturated carbocycles. The quantitative estimate of drug-likeness (QED) is 0.572. The summed E-state index contributed by atoms with van der Waals surface area (Å²) < 4.78 is 30.1. The average Bonchev–Trinajstić information content (AvgIpc) is 3.02. The second kappa shape index (κ2) is 8.55. The van der Waals surface area contributed by atoms with Crippen molar-refractivity contribution in [2.45, 2.75) is 24.5 Å². The Balaban J connectivity index is 1.61. The highest BCUT2D eigenvalue weighted by molar-refractivity contribution is 5.90. The molecule has 27 heavy (non-hydrogen) atoms. The maximum Gasteiger partial charge on any atom is 0.338 e. The summed E-state index contributed by atoms with van der Waals surface area (Å²) in [4.78, 5) is 35.3. The molecule has 0 unspecified atom stereocenters. The summed E-state index contributed by atoms with van der Waals surface area (Å²) in [7, 11) is 0. The molecule has 3 rings (SSSR count). The van der Waals surface area contributed by atoms with E-state index in [1.54, 1.807) is 48.5 Å². The molecule has 0 bridgehead atoms. The smallest absolute Gasteiger partial charge is 0.338 e. The molecule has 0 aromatic heterocycles. The minimum Gasteiger partial charge on any atom is -0.459 e. The molecule has 140 valence electrons. The number of hydrogen-bond acceptors (Lipinski definition) is 6. The van der Waals surface area contributed by atoms with E-state index in [1.807, 2.05) is 0 Å². The zero-order valence-corrected chi connectivity index (χ0v) is 14.2. The van der Waals surface area contributed by atoms with Crippen molar-refractivity contribution in [3.8, 4) is 0 Å². The molecule has 0 spiro atoms. The van der Waals surface area contributed by atoms with E-state index in [9.17, 15) is 18.8 Å². The largest absolute Gasteiger partial charge is 0.459 e. The molecule has 0 aliphatic carbocycles. The van der Waals surface area contributed by atoms with Crippen LogP contribution in [0.25, 0.3) is 0 Å². The molecule has 1 saturated heterocycles. The third-order valence-corrected chi connectivity index (χ3v) is 4.10. The van der Waals surface area contributed by atoms with Gasteiger partial charge in [0.2, 0.25) is 0 Å². The second-order valence-electron chi connectivity index (χ2n) is 5.92. The molecular weight excluding hydrogens is 355 g/mol. The minimum atomic E-state index is -1.81. The number of carbonyl (C=O) groups excluding carboxylic acids is 3. The number of esters is 2. The molecule has 1 aliphatic rings. The Labute approximate surface area is 154 Å². The van der Waals surface area contributed by atoms with Gasteiger partial charge in [0.15, 0.2) is 24.7 Å². The van der Waals surface area contributed by atoms with Crippen LogP contribution in [0.1, 0.15) is 20.7 Å². The van der Waals surface area contributed by atoms with Crippen molar-refractivity contribution in [1.82, 2.24) is 0 Å². The maximum absolute atomic E-state index is 14.7. The molecule has 2 aromatic carbocycles. The molecule has 1 aliphatic heterocycles. The fourth-order valence-electron chi connectivity index (χ4n) is 2.70. The van der Waals surface area contributed by atoms with E-state index in [2.05, 4.69) is 0 Å². The second-order valence-corrected chi connectivity index (χ2v) is 5.92. The van der Waals surface area contributed by atoms with Crippen molar-refractivity contribution in [3.63, 3.8) is 0 Å². The van der Waals surface area contributed by atoms with E-state index in [0.29, 0.717) is 11.8 Å². The third-order valence-electron chi connectivity index (χ3n) is 4.10. The van der Waals surface area contributed by atoms with Gasteiger partial charge in [0.25, 0.3) is 0 Å². The Bertz CT molecular complexity index is 795. The van der Waals surface area contributed by atoms with Gasteiger partial charge in [0.05, 0.1) is 11.1 Å². The molecule has 6 nitrogen and oxygen atoms in total. The lowest BCUT2D eigenvalue weighted by molar-refractivity contribution is -0.121. The van der Waals surface area contributed by atoms with Crippen molar-refractivity contribution in [2.75, 3.05) is 6.61 Å². The van der Waals surface area contributed by atoms with Gasteiger partial charge in [-0.1, -0.05) is 36.4 Å². The molecule has 1 fully saturated rings. The fraction of sp³-hybridized carbons (Fsp3) is 0.250. The normalized spacial score (nSPS) is 24.2. The zero-order chi connectivity index (χ0) is 19.2. The van der Waals surface area contributed by atoms with Crippen molar-refractivity contribution < 1.29 is 33.0 Å². The van der Waals surface area contributed by atoms with Crippen LogP contribution in [-0.2, 0) is 19.0 Å². The van der Waals surface area contributed by atoms with Crippen molar-refractivity contribution in [3.05, 3.63) is 71.8 Å². The number of carbonyl (C=O) groups is 3. The van der Waals surface area contributed by atoms with E-state index in [0.717, 1.165) is 0 Å². The summed E-state index contributed by atoms with van der Waals surface area (Å²) in [6.45, 7) is -0.404. The van der Waals surface area contributed by atoms with E-state index in [-0.39, 0.29) is 5.56 Å². The van der Waals surface area contributed by atoms with Gasteiger partial charge in [-0.15, -0.1) is 0 Å². The molecular formula is C20H17FO6. The first-order valence-electron chi connectivity index (χ1n) is 8.33. The number of alkyl halides is 1. The Morgan fingerprint density at radius 1 is 0.963 bits per heavy atom. The Morgan fingerprint density at radius 3 is 2.07 bits per heavy atom. The standard InChI is InChI=1S/C20H17FO6/c21-17-16(12-25-19(23)13-7-3-1-4-8-13)26-15(11-22)18(17)27-20(24)14-9-5-2-6-10-14/h1-11,15-18H,12H2/t15-,16+,17-,18-/m0/s1. The molecule has 2 aromatic rings. The average molecular weight is 372 g/mol. The predicted octanol–water partition coefficient (Wildman–Crippen LogP) is 2.37. The fourth-order valence-corrected chi connectivity index (χ4v) is 2.70. The summed E-state index contributed by atoms with van der Waals surface area (Å²) >= 11 is 0. The van der Waals surface area contributed by atoms with E-state index < -0.39 is 43.0 Å². The van der Waals surface area contributed by atoms with Crippen LogP contribution in [0.3, 0.4) is 0 Å². The highest BCUT2D eigenvalue weighted by Gasteiger charge is 2.48. The number of halogens is 1. The van der Waals surface area contributed by atoms with Crippen LogP contribution in [0.5, 0.6) is 0 Å². The molecule has 7 heteroatoms. The van der Waals surface area contributed by atoms with Gasteiger partial charge in [0.1, 0.15) is 12.7 Å². The number of hydrogen-bond donors (Lipinski definition) is 0. The summed E-state index contributed by atoms with van der Waals surface area (Å²) in [5, 5.41) is 0. The number of ether oxygens (including phenoxy) is 3. The number of aldehydes is 1. The summed E-state index contributed by atoms with van der Waals surface area (Å²) in [5.74, 6) is -1.40. The summed E-state index contributed by atoms with van der Waals surface area (Å²) in [5.41, 5.74) is 0.540. The van der Waals surface area contributed by atoms with Gasteiger partial charge in [-0.05, 0) is 24.3 Å². The molecule has 4 atom stereocenters.